The van der Waals surface area contributed by atoms with Gasteiger partial charge in [0.05, 0.1) is 24.6 Å². The van der Waals surface area contributed by atoms with Crippen LogP contribution in [0.1, 0.15) is 22.7 Å². The molecule has 1 saturated heterocycles. The van der Waals surface area contributed by atoms with Crippen LogP contribution < -0.4 is 5.48 Å². The summed E-state index contributed by atoms with van der Waals surface area (Å²) in [6.07, 6.45) is 6.27. The predicted octanol–water partition coefficient (Wildman–Crippen LogP) is 3.20. The van der Waals surface area contributed by atoms with Gasteiger partial charge in [-0.25, -0.2) is 9.97 Å². The number of hydroxylamine groups is 1. The molecule has 1 N–H and O–H groups in total. The second kappa shape index (κ2) is 9.94. The highest BCUT2D eigenvalue weighted by molar-refractivity contribution is 5.78. The Bertz CT molecular complexity index is 1140. The van der Waals surface area contributed by atoms with Crippen molar-refractivity contribution in [2.75, 3.05) is 32.9 Å². The van der Waals surface area contributed by atoms with Crippen molar-refractivity contribution in [2.45, 2.75) is 12.3 Å². The lowest BCUT2D eigenvalue weighted by Crippen LogP contribution is -2.43. The number of fused-ring (bicyclic) bond motifs is 1. The molecule has 2 aromatic carbocycles. The lowest BCUT2D eigenvalue weighted by molar-refractivity contribution is -0.141. The third kappa shape index (κ3) is 4.79. The Hall–Kier alpha value is -3.55. The molecule has 7 heteroatoms. The van der Waals surface area contributed by atoms with Gasteiger partial charge < -0.3 is 9.64 Å². The zero-order valence-electron chi connectivity index (χ0n) is 18.3. The molecule has 2 heterocycles. The molecule has 168 valence electrons. The van der Waals surface area contributed by atoms with Gasteiger partial charge in [-0.2, -0.15) is 0 Å². The van der Waals surface area contributed by atoms with Crippen molar-refractivity contribution in [1.29, 1.82) is 0 Å². The van der Waals surface area contributed by atoms with E-state index in [-0.39, 0.29) is 18.4 Å². The summed E-state index contributed by atoms with van der Waals surface area (Å²) in [5.74, 6) is 0.0440. The minimum atomic E-state index is -0.0577. The lowest BCUT2D eigenvalue weighted by atomic mass is 9.83. The average molecular weight is 443 g/mol. The van der Waals surface area contributed by atoms with Gasteiger partial charge in [0, 0.05) is 37.2 Å². The number of hydrogen-bond acceptors (Lipinski definition) is 6. The van der Waals surface area contributed by atoms with E-state index in [1.165, 1.54) is 16.7 Å². The molecule has 0 saturated carbocycles. The van der Waals surface area contributed by atoms with E-state index in [1.807, 2.05) is 6.07 Å². The van der Waals surface area contributed by atoms with Crippen molar-refractivity contribution in [1.82, 2.24) is 20.3 Å². The molecule has 0 bridgehead atoms. The number of nitrogens with zero attached hydrogens (tertiary/aromatic N) is 3. The van der Waals surface area contributed by atoms with Gasteiger partial charge in [0.25, 0.3) is 5.91 Å². The number of hydrogen-bond donors (Lipinski definition) is 1. The molecule has 1 fully saturated rings. The van der Waals surface area contributed by atoms with Crippen LogP contribution in [0.4, 0.5) is 0 Å². The van der Waals surface area contributed by atoms with E-state index < -0.39 is 0 Å². The van der Waals surface area contributed by atoms with E-state index in [2.05, 4.69) is 70.1 Å². The SMILES string of the molecule is O=C(CONC1=CC(c2ccccc2-c2ccccc2)Cc2ncncc21)N1CCOCC1. The number of amides is 1. The van der Waals surface area contributed by atoms with Crippen molar-refractivity contribution >= 4 is 11.6 Å². The topological polar surface area (TPSA) is 76.6 Å². The highest BCUT2D eigenvalue weighted by Crippen LogP contribution is 2.37. The molecule has 1 aromatic heterocycles. The summed E-state index contributed by atoms with van der Waals surface area (Å²) >= 11 is 0. The molecule has 1 atom stereocenters. The first-order valence-electron chi connectivity index (χ1n) is 11.2. The molecule has 1 unspecified atom stereocenters. The minimum Gasteiger partial charge on any atom is -0.378 e. The van der Waals surface area contributed by atoms with Gasteiger partial charge in [-0.3, -0.25) is 15.1 Å². The van der Waals surface area contributed by atoms with Gasteiger partial charge in [0.1, 0.15) is 6.33 Å². The minimum absolute atomic E-state index is 0.0500. The molecule has 33 heavy (non-hydrogen) atoms. The zero-order valence-corrected chi connectivity index (χ0v) is 18.3. The van der Waals surface area contributed by atoms with Gasteiger partial charge >= 0.3 is 0 Å². The van der Waals surface area contributed by atoms with Gasteiger partial charge in [-0.1, -0.05) is 60.7 Å². The highest BCUT2D eigenvalue weighted by Gasteiger charge is 2.25. The van der Waals surface area contributed by atoms with E-state index in [0.717, 1.165) is 23.4 Å². The summed E-state index contributed by atoms with van der Waals surface area (Å²) in [6.45, 7) is 2.28. The van der Waals surface area contributed by atoms with Crippen LogP contribution in [0.3, 0.4) is 0 Å². The Kier molecular flexibility index (Phi) is 6.41. The van der Waals surface area contributed by atoms with Crippen LogP contribution in [-0.4, -0.2) is 53.7 Å². The van der Waals surface area contributed by atoms with E-state index in [4.69, 9.17) is 9.57 Å². The van der Waals surface area contributed by atoms with E-state index in [9.17, 15) is 4.79 Å². The summed E-state index contributed by atoms with van der Waals surface area (Å²) in [6, 6.07) is 18.8. The molecule has 0 radical (unpaired) electrons. The number of morpholine rings is 1. The van der Waals surface area contributed by atoms with Crippen LogP contribution in [0, 0.1) is 0 Å². The maximum absolute atomic E-state index is 12.4. The van der Waals surface area contributed by atoms with Crippen molar-refractivity contribution in [3.63, 3.8) is 0 Å². The molecular weight excluding hydrogens is 416 g/mol. The van der Waals surface area contributed by atoms with E-state index in [1.54, 1.807) is 17.4 Å². The number of ether oxygens (including phenoxy) is 1. The van der Waals surface area contributed by atoms with Gasteiger partial charge in [-0.05, 0) is 16.7 Å². The van der Waals surface area contributed by atoms with E-state index in [0.29, 0.717) is 26.3 Å². The lowest BCUT2D eigenvalue weighted by Gasteiger charge is -2.27. The zero-order chi connectivity index (χ0) is 22.5. The van der Waals surface area contributed by atoms with Gasteiger partial charge in [-0.15, -0.1) is 0 Å². The fraction of sp³-hybridized carbons (Fsp3) is 0.269. The van der Waals surface area contributed by atoms with Crippen LogP contribution in [0.5, 0.6) is 0 Å². The van der Waals surface area contributed by atoms with Crippen LogP contribution in [0.15, 0.2) is 73.2 Å². The largest absolute Gasteiger partial charge is 0.378 e. The number of aromatic nitrogens is 2. The Morgan fingerprint density at radius 2 is 1.85 bits per heavy atom. The maximum atomic E-state index is 12.4. The fourth-order valence-corrected chi connectivity index (χ4v) is 4.37. The van der Waals surface area contributed by atoms with Gasteiger partial charge in [0.15, 0.2) is 6.61 Å². The normalized spacial score (nSPS) is 17.8. The Morgan fingerprint density at radius 3 is 2.70 bits per heavy atom. The average Bonchev–Trinajstić information content (AvgIpc) is 2.89. The molecule has 3 aromatic rings. The summed E-state index contributed by atoms with van der Waals surface area (Å²) < 4.78 is 5.31. The van der Waals surface area contributed by atoms with Crippen LogP contribution >= 0.6 is 0 Å². The summed E-state index contributed by atoms with van der Waals surface area (Å²) in [5.41, 5.74) is 9.22. The van der Waals surface area contributed by atoms with Crippen LogP contribution in [0.2, 0.25) is 0 Å². The summed E-state index contributed by atoms with van der Waals surface area (Å²) in [7, 11) is 0. The monoisotopic (exact) mass is 442 g/mol. The third-order valence-corrected chi connectivity index (χ3v) is 6.05. The Labute approximate surface area is 193 Å². The standard InChI is InChI=1S/C26H26N4O3/c31-26(30-10-12-32-13-11-30)17-33-29-25-15-20(14-24-23(25)16-27-18-28-24)22-9-5-4-8-21(22)19-6-2-1-3-7-19/h1-9,15-16,18,20,29H,10-14,17H2. The Morgan fingerprint density at radius 1 is 1.06 bits per heavy atom. The molecule has 1 aliphatic heterocycles. The predicted molar refractivity (Wildman–Crippen MR) is 125 cm³/mol. The first-order chi connectivity index (χ1) is 16.3. The van der Waals surface area contributed by atoms with Crippen LogP contribution in [0.25, 0.3) is 16.8 Å². The number of allylic oxidation sites excluding steroid dienone is 1. The second-order valence-electron chi connectivity index (χ2n) is 8.11. The smallest absolute Gasteiger partial charge is 0.251 e. The number of nitrogens with one attached hydrogen (secondary N) is 1. The maximum Gasteiger partial charge on any atom is 0.251 e. The first-order valence-corrected chi connectivity index (χ1v) is 11.2. The molecule has 1 aliphatic carbocycles. The summed E-state index contributed by atoms with van der Waals surface area (Å²) in [5, 5.41) is 0. The van der Waals surface area contributed by atoms with Crippen molar-refractivity contribution in [2.24, 2.45) is 0 Å². The van der Waals surface area contributed by atoms with Crippen molar-refractivity contribution < 1.29 is 14.4 Å². The molecule has 0 spiro atoms. The van der Waals surface area contributed by atoms with Crippen LogP contribution in [-0.2, 0) is 20.8 Å². The van der Waals surface area contributed by atoms with Crippen molar-refractivity contribution in [3.8, 4) is 11.1 Å². The third-order valence-electron chi connectivity index (χ3n) is 6.05. The van der Waals surface area contributed by atoms with E-state index >= 15 is 0 Å². The quantitative estimate of drug-likeness (QED) is 0.591. The molecular formula is C26H26N4O3. The fourth-order valence-electron chi connectivity index (χ4n) is 4.37. The van der Waals surface area contributed by atoms with Crippen molar-refractivity contribution in [3.05, 3.63) is 90.0 Å². The number of carbonyl (C=O) groups is 1. The number of rotatable bonds is 6. The molecule has 2 aliphatic rings. The molecule has 5 rings (SSSR count). The second-order valence-corrected chi connectivity index (χ2v) is 8.11. The first kappa shape index (κ1) is 21.3. The summed E-state index contributed by atoms with van der Waals surface area (Å²) in [4.78, 5) is 28.6. The highest BCUT2D eigenvalue weighted by atomic mass is 16.6. The molecule has 1 amide bonds. The van der Waals surface area contributed by atoms with Gasteiger partial charge in [0.2, 0.25) is 0 Å². The Balaban J connectivity index is 1.38. The molecule has 7 nitrogen and oxygen atoms in total. The number of benzene rings is 2. The number of carbonyl (C=O) groups excluding carboxylic acids is 1.